The predicted octanol–water partition coefficient (Wildman–Crippen LogP) is 1.28. The van der Waals surface area contributed by atoms with Gasteiger partial charge < -0.3 is 19.5 Å². The summed E-state index contributed by atoms with van der Waals surface area (Å²) in [6.45, 7) is -4.57. The number of hydrogen-bond donors (Lipinski definition) is 2. The molecule has 31 heavy (non-hydrogen) atoms. The van der Waals surface area contributed by atoms with Gasteiger partial charge in [0, 0.05) is 5.56 Å². The number of halogens is 2. The summed E-state index contributed by atoms with van der Waals surface area (Å²) in [6.07, 6.45) is 0. The van der Waals surface area contributed by atoms with E-state index in [4.69, 9.17) is 4.74 Å². The molecule has 164 valence electrons. The van der Waals surface area contributed by atoms with Gasteiger partial charge in [-0.15, -0.1) is 0 Å². The Labute approximate surface area is 175 Å². The Morgan fingerprint density at radius 2 is 1.52 bits per heavy atom. The molecule has 0 saturated heterocycles. The van der Waals surface area contributed by atoms with E-state index < -0.39 is 43.5 Å². The third-order valence-corrected chi connectivity index (χ3v) is 3.50. The topological polar surface area (TPSA) is 120 Å². The highest BCUT2D eigenvalue weighted by Crippen LogP contribution is 2.14. The summed E-state index contributed by atoms with van der Waals surface area (Å²) in [5.74, 6) is -2.87. The molecule has 0 aliphatic carbocycles. The van der Waals surface area contributed by atoms with Gasteiger partial charge in [0.25, 0.3) is 17.7 Å². The second-order valence-corrected chi connectivity index (χ2v) is 5.82. The van der Waals surface area contributed by atoms with Crippen LogP contribution in [0.1, 0.15) is 10.4 Å². The molecule has 0 bridgehead atoms. The number of hydrogen-bond acceptors (Lipinski definition) is 7. The van der Waals surface area contributed by atoms with Crippen LogP contribution >= 0.6 is 0 Å². The van der Waals surface area contributed by atoms with E-state index in [0.29, 0.717) is 5.75 Å². The summed E-state index contributed by atoms with van der Waals surface area (Å²) in [5, 5.41) is 4.22. The number of benzene rings is 2. The molecule has 0 aliphatic heterocycles. The van der Waals surface area contributed by atoms with Crippen LogP contribution in [0, 0.1) is 0 Å². The minimum absolute atomic E-state index is 0.00646. The maximum Gasteiger partial charge on any atom is 0.387 e. The van der Waals surface area contributed by atoms with Crippen LogP contribution in [0.4, 0.5) is 8.78 Å². The zero-order chi connectivity index (χ0) is 22.6. The molecule has 0 aromatic heterocycles. The summed E-state index contributed by atoms with van der Waals surface area (Å²) in [6, 6.07) is 13.2. The van der Waals surface area contributed by atoms with E-state index in [1.165, 1.54) is 12.1 Å². The molecule has 3 amide bonds. The van der Waals surface area contributed by atoms with Crippen LogP contribution in [-0.4, -0.2) is 50.1 Å². The van der Waals surface area contributed by atoms with E-state index in [1.54, 1.807) is 30.3 Å². The molecule has 2 rings (SSSR count). The van der Waals surface area contributed by atoms with Gasteiger partial charge in [-0.05, 0) is 36.4 Å². The number of ether oxygens (including phenoxy) is 3. The molecular formula is C20H18F2N2O7. The maximum absolute atomic E-state index is 12.1. The first-order valence-corrected chi connectivity index (χ1v) is 8.82. The maximum atomic E-state index is 12.1. The fourth-order valence-corrected chi connectivity index (χ4v) is 2.11. The van der Waals surface area contributed by atoms with Crippen LogP contribution < -0.4 is 20.1 Å². The highest BCUT2D eigenvalue weighted by Gasteiger charge is 2.14. The molecule has 0 spiro atoms. The van der Waals surface area contributed by atoms with Crippen molar-refractivity contribution in [3.05, 3.63) is 60.2 Å². The van der Waals surface area contributed by atoms with Crippen LogP contribution in [0.15, 0.2) is 54.6 Å². The molecule has 11 heteroatoms. The van der Waals surface area contributed by atoms with E-state index in [2.05, 4.69) is 14.8 Å². The van der Waals surface area contributed by atoms with Crippen LogP contribution in [0.3, 0.4) is 0 Å². The number of para-hydroxylation sites is 1. The summed E-state index contributed by atoms with van der Waals surface area (Å²) in [7, 11) is 0. The Kier molecular flexibility index (Phi) is 8.90. The van der Waals surface area contributed by atoms with Gasteiger partial charge >= 0.3 is 12.6 Å². The average molecular weight is 436 g/mol. The van der Waals surface area contributed by atoms with Gasteiger partial charge in [0.05, 0.1) is 0 Å². The minimum Gasteiger partial charge on any atom is -0.484 e. The van der Waals surface area contributed by atoms with Gasteiger partial charge in [-0.25, -0.2) is 0 Å². The monoisotopic (exact) mass is 436 g/mol. The fourth-order valence-electron chi connectivity index (χ4n) is 2.11. The van der Waals surface area contributed by atoms with Crippen LogP contribution in [-0.2, 0) is 19.1 Å². The smallest absolute Gasteiger partial charge is 0.387 e. The zero-order valence-corrected chi connectivity index (χ0v) is 16.0. The second kappa shape index (κ2) is 11.9. The van der Waals surface area contributed by atoms with Gasteiger partial charge in [-0.3, -0.25) is 24.5 Å². The van der Waals surface area contributed by atoms with E-state index in [9.17, 15) is 28.0 Å². The predicted molar refractivity (Wildman–Crippen MR) is 101 cm³/mol. The van der Waals surface area contributed by atoms with Crippen molar-refractivity contribution in [1.82, 2.24) is 10.6 Å². The average Bonchev–Trinajstić information content (AvgIpc) is 2.75. The van der Waals surface area contributed by atoms with Crippen LogP contribution in [0.5, 0.6) is 11.5 Å². The second-order valence-electron chi connectivity index (χ2n) is 5.82. The molecule has 0 heterocycles. The minimum atomic E-state index is -3.00. The fraction of sp³-hybridized carbons (Fsp3) is 0.200. The SMILES string of the molecule is O=C(COc1ccccc1)NCC(=O)OCC(=O)NC(=O)c1ccc(OC(F)F)cc1. The van der Waals surface area contributed by atoms with Crippen molar-refractivity contribution in [2.45, 2.75) is 6.61 Å². The number of carbonyl (C=O) groups is 4. The number of amides is 3. The molecule has 2 aromatic carbocycles. The first-order valence-electron chi connectivity index (χ1n) is 8.82. The lowest BCUT2D eigenvalue weighted by Gasteiger charge is -2.08. The molecule has 0 radical (unpaired) electrons. The van der Waals surface area contributed by atoms with Crippen molar-refractivity contribution in [2.75, 3.05) is 19.8 Å². The lowest BCUT2D eigenvalue weighted by atomic mass is 10.2. The van der Waals surface area contributed by atoms with E-state index in [0.717, 1.165) is 12.1 Å². The summed E-state index contributed by atoms with van der Waals surface area (Å²) >= 11 is 0. The van der Waals surface area contributed by atoms with Crippen molar-refractivity contribution in [1.29, 1.82) is 0 Å². The Morgan fingerprint density at radius 3 is 2.16 bits per heavy atom. The standard InChI is InChI=1S/C20H18F2N2O7/c21-20(22)31-15-8-6-13(7-9-15)19(28)24-17(26)12-30-18(27)10-23-16(25)11-29-14-4-2-1-3-5-14/h1-9,20H,10-12H2,(H,23,25)(H,24,26,28). The summed E-state index contributed by atoms with van der Waals surface area (Å²) in [5.41, 5.74) is 0.00646. The van der Waals surface area contributed by atoms with E-state index in [-0.39, 0.29) is 17.9 Å². The normalized spacial score (nSPS) is 10.2. The number of nitrogens with one attached hydrogen (secondary N) is 2. The Morgan fingerprint density at radius 1 is 0.839 bits per heavy atom. The van der Waals surface area contributed by atoms with Gasteiger partial charge in [-0.2, -0.15) is 8.78 Å². The molecule has 2 aromatic rings. The Bertz CT molecular complexity index is 906. The molecular weight excluding hydrogens is 418 g/mol. The molecule has 0 saturated carbocycles. The first kappa shape index (κ1) is 23.3. The van der Waals surface area contributed by atoms with Crippen molar-refractivity contribution < 1.29 is 42.2 Å². The van der Waals surface area contributed by atoms with Gasteiger partial charge in [0.1, 0.15) is 18.0 Å². The molecule has 0 atom stereocenters. The highest BCUT2D eigenvalue weighted by atomic mass is 19.3. The van der Waals surface area contributed by atoms with E-state index in [1.807, 2.05) is 5.32 Å². The van der Waals surface area contributed by atoms with Crippen molar-refractivity contribution in [2.24, 2.45) is 0 Å². The van der Waals surface area contributed by atoms with Crippen LogP contribution in [0.25, 0.3) is 0 Å². The third-order valence-electron chi connectivity index (χ3n) is 3.50. The quantitative estimate of drug-likeness (QED) is 0.539. The van der Waals surface area contributed by atoms with Gasteiger partial charge in [-0.1, -0.05) is 18.2 Å². The van der Waals surface area contributed by atoms with Crippen LogP contribution in [0.2, 0.25) is 0 Å². The first-order chi connectivity index (χ1) is 14.8. The molecule has 0 fully saturated rings. The highest BCUT2D eigenvalue weighted by molar-refractivity contribution is 6.05. The number of carbonyl (C=O) groups excluding carboxylic acids is 4. The zero-order valence-electron chi connectivity index (χ0n) is 16.0. The largest absolute Gasteiger partial charge is 0.484 e. The van der Waals surface area contributed by atoms with Gasteiger partial charge in [0.2, 0.25) is 0 Å². The number of rotatable bonds is 10. The summed E-state index contributed by atoms with van der Waals surface area (Å²) in [4.78, 5) is 46.8. The lowest BCUT2D eigenvalue weighted by molar-refractivity contribution is -0.148. The molecule has 9 nitrogen and oxygen atoms in total. The molecule has 2 N–H and O–H groups in total. The summed E-state index contributed by atoms with van der Waals surface area (Å²) < 4.78 is 38.2. The van der Waals surface area contributed by atoms with Crippen molar-refractivity contribution in [3.63, 3.8) is 0 Å². The number of imide groups is 1. The number of alkyl halides is 2. The van der Waals surface area contributed by atoms with E-state index >= 15 is 0 Å². The Hall–Kier alpha value is -4.02. The van der Waals surface area contributed by atoms with Crippen molar-refractivity contribution >= 4 is 23.7 Å². The van der Waals surface area contributed by atoms with Gasteiger partial charge in [0.15, 0.2) is 13.2 Å². The molecule has 0 unspecified atom stereocenters. The van der Waals surface area contributed by atoms with Crippen molar-refractivity contribution in [3.8, 4) is 11.5 Å². The third kappa shape index (κ3) is 8.90. The lowest BCUT2D eigenvalue weighted by Crippen LogP contribution is -2.37. The number of esters is 1. The Balaban J connectivity index is 1.65. The molecule has 0 aliphatic rings.